The Labute approximate surface area is 165 Å². The highest BCUT2D eigenvalue weighted by atomic mass is 35.5. The first-order valence-electron chi connectivity index (χ1n) is 8.74. The van der Waals surface area contributed by atoms with Crippen LogP contribution in [-0.4, -0.2) is 31.3 Å². The molecule has 1 amide bonds. The highest BCUT2D eigenvalue weighted by Gasteiger charge is 2.22. The molecule has 0 bridgehead atoms. The fourth-order valence-corrected chi connectivity index (χ4v) is 4.30. The summed E-state index contributed by atoms with van der Waals surface area (Å²) in [5.41, 5.74) is 0.0939. The molecule has 1 heterocycles. The molecule has 27 heavy (non-hydrogen) atoms. The minimum absolute atomic E-state index is 0.0310. The number of rotatable bonds is 6. The number of nitro benzene ring substituents is 1. The molecule has 2 aromatic rings. The number of thioether (sulfide) groups is 1. The van der Waals surface area contributed by atoms with E-state index in [0.717, 1.165) is 23.8 Å². The van der Waals surface area contributed by atoms with Crippen LogP contribution in [0.2, 0.25) is 5.02 Å². The maximum absolute atomic E-state index is 12.3. The molecule has 0 spiro atoms. The SMILES string of the molecule is Cc1nnc(SCC(=O)Nc2ccc(Cl)c([N+](=O)[O-])c2)n1C1CCCCC1. The molecule has 10 heteroatoms. The zero-order valence-corrected chi connectivity index (χ0v) is 16.4. The molecule has 1 aliphatic carbocycles. The van der Waals surface area contributed by atoms with E-state index in [1.54, 1.807) is 0 Å². The summed E-state index contributed by atoms with van der Waals surface area (Å²) in [6.07, 6.45) is 5.86. The lowest BCUT2D eigenvalue weighted by Crippen LogP contribution is -2.17. The standard InChI is InChI=1S/C17H20ClN5O3S/c1-11-20-21-17(22(11)13-5-3-2-4-6-13)27-10-16(24)19-12-7-8-14(18)15(9-12)23(25)26/h7-9,13H,2-6,10H2,1H3,(H,19,24). The number of amides is 1. The summed E-state index contributed by atoms with van der Waals surface area (Å²) < 4.78 is 2.13. The molecular formula is C17H20ClN5O3S. The Morgan fingerprint density at radius 1 is 1.37 bits per heavy atom. The third kappa shape index (κ3) is 4.78. The van der Waals surface area contributed by atoms with Crippen LogP contribution < -0.4 is 5.32 Å². The Morgan fingerprint density at radius 3 is 2.81 bits per heavy atom. The molecule has 1 aromatic carbocycles. The molecule has 1 aliphatic rings. The first-order valence-corrected chi connectivity index (χ1v) is 10.1. The Kier molecular flexibility index (Phi) is 6.33. The number of nitro groups is 1. The van der Waals surface area contributed by atoms with Gasteiger partial charge in [-0.3, -0.25) is 14.9 Å². The topological polar surface area (TPSA) is 103 Å². The van der Waals surface area contributed by atoms with Crippen LogP contribution >= 0.6 is 23.4 Å². The van der Waals surface area contributed by atoms with E-state index >= 15 is 0 Å². The Hall–Kier alpha value is -2.13. The third-order valence-corrected chi connectivity index (χ3v) is 5.80. The van der Waals surface area contributed by atoms with Crippen LogP contribution in [-0.2, 0) is 4.79 Å². The molecule has 0 radical (unpaired) electrons. The summed E-state index contributed by atoms with van der Waals surface area (Å²) in [5.74, 6) is 0.729. The number of anilines is 1. The molecule has 1 saturated carbocycles. The van der Waals surface area contributed by atoms with Crippen molar-refractivity contribution in [2.45, 2.75) is 50.2 Å². The van der Waals surface area contributed by atoms with Crippen molar-refractivity contribution in [1.29, 1.82) is 0 Å². The number of aromatic nitrogens is 3. The molecule has 1 fully saturated rings. The van der Waals surface area contributed by atoms with Crippen LogP contribution in [0.1, 0.15) is 44.0 Å². The number of nitrogens with one attached hydrogen (secondary N) is 1. The summed E-state index contributed by atoms with van der Waals surface area (Å²) in [4.78, 5) is 22.6. The highest BCUT2D eigenvalue weighted by Crippen LogP contribution is 2.32. The number of carbonyl (C=O) groups excluding carboxylic acids is 1. The van der Waals surface area contributed by atoms with Gasteiger partial charge in [-0.15, -0.1) is 10.2 Å². The molecular weight excluding hydrogens is 390 g/mol. The smallest absolute Gasteiger partial charge is 0.289 e. The number of aryl methyl sites for hydroxylation is 1. The van der Waals surface area contributed by atoms with Gasteiger partial charge in [-0.25, -0.2) is 0 Å². The average Bonchev–Trinajstić information content (AvgIpc) is 3.02. The molecule has 1 N–H and O–H groups in total. The van der Waals surface area contributed by atoms with E-state index in [-0.39, 0.29) is 22.4 Å². The van der Waals surface area contributed by atoms with Crippen LogP contribution in [0.25, 0.3) is 0 Å². The third-order valence-electron chi connectivity index (χ3n) is 4.53. The van der Waals surface area contributed by atoms with Gasteiger partial charge in [0.15, 0.2) is 5.16 Å². The molecule has 1 aromatic heterocycles. The maximum atomic E-state index is 12.3. The predicted molar refractivity (Wildman–Crippen MR) is 104 cm³/mol. The van der Waals surface area contributed by atoms with Crippen molar-refractivity contribution < 1.29 is 9.72 Å². The van der Waals surface area contributed by atoms with Crippen molar-refractivity contribution in [3.63, 3.8) is 0 Å². The van der Waals surface area contributed by atoms with E-state index in [9.17, 15) is 14.9 Å². The van der Waals surface area contributed by atoms with Crippen LogP contribution in [0.3, 0.4) is 0 Å². The minimum atomic E-state index is -0.581. The molecule has 8 nitrogen and oxygen atoms in total. The zero-order chi connectivity index (χ0) is 19.4. The zero-order valence-electron chi connectivity index (χ0n) is 14.9. The molecule has 0 atom stereocenters. The van der Waals surface area contributed by atoms with Crippen LogP contribution in [0.5, 0.6) is 0 Å². The quantitative estimate of drug-likeness (QED) is 0.431. The number of hydrogen-bond donors (Lipinski definition) is 1. The summed E-state index contributed by atoms with van der Waals surface area (Å²) in [7, 11) is 0. The van der Waals surface area contributed by atoms with E-state index < -0.39 is 4.92 Å². The van der Waals surface area contributed by atoms with Gasteiger partial charge < -0.3 is 9.88 Å². The van der Waals surface area contributed by atoms with Crippen LogP contribution in [0.4, 0.5) is 11.4 Å². The van der Waals surface area contributed by atoms with Crippen molar-refractivity contribution in [3.8, 4) is 0 Å². The van der Waals surface area contributed by atoms with Gasteiger partial charge in [0.05, 0.1) is 10.7 Å². The van der Waals surface area contributed by atoms with Gasteiger partial charge in [0.25, 0.3) is 5.69 Å². The monoisotopic (exact) mass is 409 g/mol. The first-order chi connectivity index (χ1) is 13.0. The van der Waals surface area contributed by atoms with E-state index in [1.807, 2.05) is 6.92 Å². The molecule has 0 saturated heterocycles. The lowest BCUT2D eigenvalue weighted by Gasteiger charge is -2.24. The van der Waals surface area contributed by atoms with Gasteiger partial charge in [0.2, 0.25) is 5.91 Å². The van der Waals surface area contributed by atoms with Crippen molar-refractivity contribution >= 4 is 40.6 Å². The normalized spacial score (nSPS) is 14.9. The van der Waals surface area contributed by atoms with Gasteiger partial charge in [-0.2, -0.15) is 0 Å². The van der Waals surface area contributed by atoms with Crippen molar-refractivity contribution in [2.24, 2.45) is 0 Å². The van der Waals surface area contributed by atoms with E-state index in [0.29, 0.717) is 11.7 Å². The summed E-state index contributed by atoms with van der Waals surface area (Å²) in [6, 6.07) is 4.57. The van der Waals surface area contributed by atoms with Crippen LogP contribution in [0, 0.1) is 17.0 Å². The van der Waals surface area contributed by atoms with Crippen molar-refractivity contribution in [1.82, 2.24) is 14.8 Å². The molecule has 144 valence electrons. The van der Waals surface area contributed by atoms with Crippen molar-refractivity contribution in [3.05, 3.63) is 39.2 Å². The number of hydrogen-bond acceptors (Lipinski definition) is 6. The number of nitrogens with zero attached hydrogens (tertiary/aromatic N) is 4. The number of carbonyl (C=O) groups is 1. The second-order valence-corrected chi connectivity index (χ2v) is 7.80. The van der Waals surface area contributed by atoms with Gasteiger partial charge in [-0.1, -0.05) is 42.6 Å². The van der Waals surface area contributed by atoms with Crippen LogP contribution in [0.15, 0.2) is 23.4 Å². The predicted octanol–water partition coefficient (Wildman–Crippen LogP) is 4.38. The Morgan fingerprint density at radius 2 is 2.11 bits per heavy atom. The highest BCUT2D eigenvalue weighted by molar-refractivity contribution is 7.99. The first kappa shape index (κ1) is 19.6. The Bertz CT molecular complexity index is 851. The Balaban J connectivity index is 1.63. The number of benzene rings is 1. The average molecular weight is 410 g/mol. The lowest BCUT2D eigenvalue weighted by atomic mass is 9.95. The fourth-order valence-electron chi connectivity index (χ4n) is 3.27. The van der Waals surface area contributed by atoms with Gasteiger partial charge in [-0.05, 0) is 31.9 Å². The van der Waals surface area contributed by atoms with Gasteiger partial charge in [0, 0.05) is 17.8 Å². The second-order valence-electron chi connectivity index (χ2n) is 6.45. The van der Waals surface area contributed by atoms with E-state index in [2.05, 4.69) is 20.1 Å². The summed E-state index contributed by atoms with van der Waals surface area (Å²) in [6.45, 7) is 1.93. The molecule has 0 unspecified atom stereocenters. The minimum Gasteiger partial charge on any atom is -0.325 e. The van der Waals surface area contributed by atoms with Gasteiger partial charge >= 0.3 is 0 Å². The molecule has 3 rings (SSSR count). The summed E-state index contributed by atoms with van der Waals surface area (Å²) >= 11 is 7.11. The summed E-state index contributed by atoms with van der Waals surface area (Å²) in [5, 5.41) is 22.7. The second kappa shape index (κ2) is 8.71. The largest absolute Gasteiger partial charge is 0.325 e. The van der Waals surface area contributed by atoms with E-state index in [1.165, 1.54) is 49.2 Å². The van der Waals surface area contributed by atoms with Crippen molar-refractivity contribution in [2.75, 3.05) is 11.1 Å². The molecule has 0 aliphatic heterocycles. The maximum Gasteiger partial charge on any atom is 0.289 e. The van der Waals surface area contributed by atoms with Gasteiger partial charge in [0.1, 0.15) is 10.8 Å². The fraction of sp³-hybridized carbons (Fsp3) is 0.471. The van der Waals surface area contributed by atoms with E-state index in [4.69, 9.17) is 11.6 Å². The number of halogens is 1. The lowest BCUT2D eigenvalue weighted by molar-refractivity contribution is -0.384.